The van der Waals surface area contributed by atoms with Crippen molar-refractivity contribution in [3.05, 3.63) is 46.8 Å². The summed E-state index contributed by atoms with van der Waals surface area (Å²) < 4.78 is 45.9. The normalized spacial score (nSPS) is 18.7. The molecule has 0 unspecified atom stereocenters. The van der Waals surface area contributed by atoms with Crippen LogP contribution in [0, 0.1) is 13.8 Å². The Bertz CT molecular complexity index is 984. The number of fused-ring (bicyclic) bond motifs is 1. The van der Waals surface area contributed by atoms with Crippen LogP contribution in [0.2, 0.25) is 0 Å². The first-order valence-electron chi connectivity index (χ1n) is 9.15. The van der Waals surface area contributed by atoms with Crippen LogP contribution in [0.3, 0.4) is 0 Å². The van der Waals surface area contributed by atoms with Crippen LogP contribution in [0.1, 0.15) is 47.1 Å². The first-order valence-corrected chi connectivity index (χ1v) is 9.15. The molecule has 9 heteroatoms. The van der Waals surface area contributed by atoms with Gasteiger partial charge in [0.25, 0.3) is 5.71 Å². The standard InChI is InChI=1S/C19H20F3N5O/c1-11-17-15(19(20,21)22)6-16(25-18(17)28-26-11)14-4-3-5-27(10-14)9-13-7-23-12(2)24-8-13/h6-8,14H,3-5,9-10H2,1-2H3/t14-/m0/s1. The van der Waals surface area contributed by atoms with Gasteiger partial charge in [0.2, 0.25) is 0 Å². The molecular formula is C19H20F3N5O. The summed E-state index contributed by atoms with van der Waals surface area (Å²) in [7, 11) is 0. The van der Waals surface area contributed by atoms with E-state index in [2.05, 4.69) is 25.0 Å². The molecule has 0 amide bonds. The van der Waals surface area contributed by atoms with Crippen molar-refractivity contribution in [1.29, 1.82) is 0 Å². The van der Waals surface area contributed by atoms with Crippen molar-refractivity contribution in [1.82, 2.24) is 25.0 Å². The second-order valence-electron chi connectivity index (χ2n) is 7.25. The number of likely N-dealkylation sites (tertiary alicyclic amines) is 1. The van der Waals surface area contributed by atoms with E-state index in [9.17, 15) is 13.2 Å². The second kappa shape index (κ2) is 7.12. The van der Waals surface area contributed by atoms with E-state index in [-0.39, 0.29) is 22.7 Å². The molecule has 1 aliphatic rings. The van der Waals surface area contributed by atoms with Crippen LogP contribution in [-0.4, -0.2) is 38.1 Å². The number of piperidine rings is 1. The Labute approximate surface area is 159 Å². The van der Waals surface area contributed by atoms with Crippen LogP contribution in [0.4, 0.5) is 13.2 Å². The summed E-state index contributed by atoms with van der Waals surface area (Å²) in [5.74, 6) is 0.607. The van der Waals surface area contributed by atoms with Crippen LogP contribution >= 0.6 is 0 Å². The molecule has 1 fully saturated rings. The highest BCUT2D eigenvalue weighted by atomic mass is 19.4. The fourth-order valence-corrected chi connectivity index (χ4v) is 3.75. The Balaban J connectivity index is 1.61. The molecule has 0 aliphatic carbocycles. The van der Waals surface area contributed by atoms with Gasteiger partial charge in [-0.1, -0.05) is 5.16 Å². The SMILES string of the molecule is Cc1ncc(CN2CCC[C@H](c3cc(C(F)(F)F)c4c(C)noc4n3)C2)cn1. The first-order chi connectivity index (χ1) is 13.3. The zero-order valence-electron chi connectivity index (χ0n) is 15.6. The van der Waals surface area contributed by atoms with Crippen molar-refractivity contribution in [2.24, 2.45) is 0 Å². The van der Waals surface area contributed by atoms with E-state index in [0.717, 1.165) is 31.0 Å². The van der Waals surface area contributed by atoms with Crippen molar-refractivity contribution >= 4 is 11.1 Å². The molecule has 4 heterocycles. The molecular weight excluding hydrogens is 371 g/mol. The van der Waals surface area contributed by atoms with Crippen molar-refractivity contribution in [2.75, 3.05) is 13.1 Å². The maximum atomic E-state index is 13.6. The van der Waals surface area contributed by atoms with Crippen molar-refractivity contribution in [3.63, 3.8) is 0 Å². The summed E-state index contributed by atoms with van der Waals surface area (Å²) in [5.41, 5.74) is 0.810. The Hall–Kier alpha value is -2.55. The first kappa shape index (κ1) is 18.8. The molecule has 0 radical (unpaired) electrons. The molecule has 3 aromatic heterocycles. The van der Waals surface area contributed by atoms with Gasteiger partial charge in [0.1, 0.15) is 5.82 Å². The van der Waals surface area contributed by atoms with Crippen molar-refractivity contribution in [2.45, 2.75) is 45.3 Å². The quantitative estimate of drug-likeness (QED) is 0.672. The van der Waals surface area contributed by atoms with Crippen LogP contribution < -0.4 is 0 Å². The van der Waals surface area contributed by atoms with Crippen LogP contribution in [-0.2, 0) is 12.7 Å². The number of alkyl halides is 3. The second-order valence-corrected chi connectivity index (χ2v) is 7.25. The van der Waals surface area contributed by atoms with Gasteiger partial charge in [-0.05, 0) is 39.3 Å². The monoisotopic (exact) mass is 391 g/mol. The third-order valence-electron chi connectivity index (χ3n) is 5.11. The highest BCUT2D eigenvalue weighted by Gasteiger charge is 2.36. The number of aromatic nitrogens is 4. The van der Waals surface area contributed by atoms with E-state index in [1.807, 2.05) is 6.92 Å². The number of pyridine rings is 1. The summed E-state index contributed by atoms with van der Waals surface area (Å²) >= 11 is 0. The minimum atomic E-state index is -4.49. The number of aryl methyl sites for hydroxylation is 2. The topological polar surface area (TPSA) is 67.9 Å². The zero-order chi connectivity index (χ0) is 19.9. The van der Waals surface area contributed by atoms with Gasteiger partial charge in [-0.3, -0.25) is 4.90 Å². The number of hydrogen-bond donors (Lipinski definition) is 0. The maximum absolute atomic E-state index is 13.6. The molecule has 4 rings (SSSR count). The summed E-state index contributed by atoms with van der Waals surface area (Å²) in [6, 6.07) is 1.16. The largest absolute Gasteiger partial charge is 0.417 e. The van der Waals surface area contributed by atoms with E-state index >= 15 is 0 Å². The lowest BCUT2D eigenvalue weighted by Gasteiger charge is -2.32. The minimum absolute atomic E-state index is 0.0496. The van der Waals surface area contributed by atoms with Crippen molar-refractivity contribution in [3.8, 4) is 0 Å². The molecule has 0 N–H and O–H groups in total. The molecule has 1 aliphatic heterocycles. The molecule has 6 nitrogen and oxygen atoms in total. The predicted molar refractivity (Wildman–Crippen MR) is 95.6 cm³/mol. The smallest absolute Gasteiger partial charge is 0.336 e. The average molecular weight is 391 g/mol. The van der Waals surface area contributed by atoms with Crippen molar-refractivity contribution < 1.29 is 17.7 Å². The Morgan fingerprint density at radius 1 is 1.21 bits per heavy atom. The van der Waals surface area contributed by atoms with Crippen LogP contribution in [0.25, 0.3) is 11.1 Å². The van der Waals surface area contributed by atoms with Gasteiger partial charge >= 0.3 is 6.18 Å². The van der Waals surface area contributed by atoms with E-state index in [4.69, 9.17) is 4.52 Å². The lowest BCUT2D eigenvalue weighted by atomic mass is 9.92. The molecule has 148 valence electrons. The van der Waals surface area contributed by atoms with Gasteiger partial charge in [-0.2, -0.15) is 13.2 Å². The summed E-state index contributed by atoms with van der Waals surface area (Å²) in [6.45, 7) is 5.48. The van der Waals surface area contributed by atoms with Gasteiger partial charge in [-0.25, -0.2) is 15.0 Å². The Morgan fingerprint density at radius 2 is 1.96 bits per heavy atom. The number of rotatable bonds is 3. The minimum Gasteiger partial charge on any atom is -0.336 e. The maximum Gasteiger partial charge on any atom is 0.417 e. The average Bonchev–Trinajstić information content (AvgIpc) is 3.03. The van der Waals surface area contributed by atoms with E-state index in [1.165, 1.54) is 6.92 Å². The summed E-state index contributed by atoms with van der Waals surface area (Å²) in [4.78, 5) is 15.0. The predicted octanol–water partition coefficient (Wildman–Crippen LogP) is 4.03. The molecule has 28 heavy (non-hydrogen) atoms. The van der Waals surface area contributed by atoms with Gasteiger partial charge < -0.3 is 4.52 Å². The third kappa shape index (κ3) is 3.71. The third-order valence-corrected chi connectivity index (χ3v) is 5.11. The lowest BCUT2D eigenvalue weighted by molar-refractivity contribution is -0.136. The molecule has 3 aromatic rings. The molecule has 0 aromatic carbocycles. The van der Waals surface area contributed by atoms with E-state index < -0.39 is 11.7 Å². The molecule has 0 saturated carbocycles. The van der Waals surface area contributed by atoms with E-state index in [0.29, 0.717) is 24.6 Å². The molecule has 0 bridgehead atoms. The highest BCUT2D eigenvalue weighted by Crippen LogP contribution is 2.38. The van der Waals surface area contributed by atoms with Crippen LogP contribution in [0.15, 0.2) is 23.0 Å². The van der Waals surface area contributed by atoms with Gasteiger partial charge in [0.15, 0.2) is 0 Å². The number of hydrogen-bond acceptors (Lipinski definition) is 6. The highest BCUT2D eigenvalue weighted by molar-refractivity contribution is 5.80. The molecule has 1 saturated heterocycles. The fourth-order valence-electron chi connectivity index (χ4n) is 3.75. The van der Waals surface area contributed by atoms with Gasteiger partial charge in [-0.15, -0.1) is 0 Å². The van der Waals surface area contributed by atoms with Crippen LogP contribution in [0.5, 0.6) is 0 Å². The Kier molecular flexibility index (Phi) is 4.78. The summed E-state index contributed by atoms with van der Waals surface area (Å²) in [5, 5.41) is 3.62. The van der Waals surface area contributed by atoms with E-state index in [1.54, 1.807) is 12.4 Å². The van der Waals surface area contributed by atoms with Gasteiger partial charge in [0, 0.05) is 42.7 Å². The zero-order valence-corrected chi connectivity index (χ0v) is 15.6. The fraction of sp³-hybridized carbons (Fsp3) is 0.474. The number of halogens is 3. The molecule has 1 atom stereocenters. The molecule has 0 spiro atoms. The summed E-state index contributed by atoms with van der Waals surface area (Å²) in [6.07, 6.45) is 0.752. The van der Waals surface area contributed by atoms with Gasteiger partial charge in [0.05, 0.1) is 16.6 Å². The number of nitrogens with zero attached hydrogens (tertiary/aromatic N) is 5. The lowest BCUT2D eigenvalue weighted by Crippen LogP contribution is -2.34. The Morgan fingerprint density at radius 3 is 2.68 bits per heavy atom.